The lowest BCUT2D eigenvalue weighted by Crippen LogP contribution is -2.31. The molecule has 7 heteroatoms. The Morgan fingerprint density at radius 3 is 2.13 bits per heavy atom. The quantitative estimate of drug-likeness (QED) is 0.700. The van der Waals surface area contributed by atoms with Gasteiger partial charge in [0.15, 0.2) is 0 Å². The zero-order valence-electron chi connectivity index (χ0n) is 17.6. The summed E-state index contributed by atoms with van der Waals surface area (Å²) in [5.41, 5.74) is 1.06. The van der Waals surface area contributed by atoms with Crippen LogP contribution in [0.3, 0.4) is 0 Å². The Morgan fingerprint density at radius 1 is 0.967 bits per heavy atom. The topological polar surface area (TPSA) is 75.7 Å². The summed E-state index contributed by atoms with van der Waals surface area (Å²) in [6.07, 6.45) is 3.94. The van der Waals surface area contributed by atoms with Crippen molar-refractivity contribution in [2.45, 2.75) is 44.4 Å². The fraction of sp³-hybridized carbons (Fsp3) is 0.435. The maximum Gasteiger partial charge on any atom is 0.255 e. The second-order valence-electron chi connectivity index (χ2n) is 8.03. The first kappa shape index (κ1) is 22.3. The monoisotopic (exact) mass is 430 g/mol. The van der Waals surface area contributed by atoms with Gasteiger partial charge >= 0.3 is 0 Å². The molecule has 0 radical (unpaired) electrons. The molecule has 0 aromatic heterocycles. The number of nitrogens with zero attached hydrogens (tertiary/aromatic N) is 1. The molecule has 6 nitrogen and oxygen atoms in total. The van der Waals surface area contributed by atoms with E-state index in [2.05, 4.69) is 19.2 Å². The number of rotatable bonds is 7. The normalized spacial score (nSPS) is 15.6. The first-order valence-electron chi connectivity index (χ1n) is 10.5. The van der Waals surface area contributed by atoms with E-state index in [9.17, 15) is 13.2 Å². The maximum atomic E-state index is 12.8. The molecule has 0 atom stereocenters. The van der Waals surface area contributed by atoms with Crippen LogP contribution in [0.25, 0.3) is 0 Å². The van der Waals surface area contributed by atoms with Crippen LogP contribution in [0.1, 0.15) is 49.9 Å². The second kappa shape index (κ2) is 10.1. The summed E-state index contributed by atoms with van der Waals surface area (Å²) < 4.78 is 32.9. The van der Waals surface area contributed by atoms with Crippen LogP contribution in [0.15, 0.2) is 53.4 Å². The third-order valence-electron chi connectivity index (χ3n) is 5.01. The van der Waals surface area contributed by atoms with Crippen LogP contribution in [0.4, 0.5) is 5.69 Å². The van der Waals surface area contributed by atoms with Crippen molar-refractivity contribution in [1.82, 2.24) is 4.31 Å². The SMILES string of the molecule is CC(C)COc1ccc(C(=O)Nc2ccc(S(=O)(=O)N3CCCCCC3)cc2)cc1. The molecule has 1 aliphatic rings. The molecule has 0 unspecified atom stereocenters. The van der Waals surface area contributed by atoms with E-state index >= 15 is 0 Å². The van der Waals surface area contributed by atoms with Crippen molar-refractivity contribution < 1.29 is 17.9 Å². The van der Waals surface area contributed by atoms with Gasteiger partial charge < -0.3 is 10.1 Å². The van der Waals surface area contributed by atoms with Crippen LogP contribution < -0.4 is 10.1 Å². The molecule has 0 saturated carbocycles. The average Bonchev–Trinajstić information content (AvgIpc) is 3.03. The molecule has 3 rings (SSSR count). The van der Waals surface area contributed by atoms with E-state index in [4.69, 9.17) is 4.74 Å². The van der Waals surface area contributed by atoms with Gasteiger partial charge in [0.2, 0.25) is 10.0 Å². The molecular formula is C23H30N2O4S. The van der Waals surface area contributed by atoms with Crippen molar-refractivity contribution in [1.29, 1.82) is 0 Å². The lowest BCUT2D eigenvalue weighted by Gasteiger charge is -2.20. The highest BCUT2D eigenvalue weighted by atomic mass is 32.2. The van der Waals surface area contributed by atoms with Gasteiger partial charge in [-0.25, -0.2) is 8.42 Å². The Morgan fingerprint density at radius 2 is 1.57 bits per heavy atom. The lowest BCUT2D eigenvalue weighted by atomic mass is 10.2. The molecule has 1 saturated heterocycles. The van der Waals surface area contributed by atoms with Crippen molar-refractivity contribution >= 4 is 21.6 Å². The van der Waals surface area contributed by atoms with Gasteiger partial charge in [-0.3, -0.25) is 4.79 Å². The number of carbonyl (C=O) groups is 1. The van der Waals surface area contributed by atoms with Crippen LogP contribution in [0, 0.1) is 5.92 Å². The number of benzene rings is 2. The molecule has 30 heavy (non-hydrogen) atoms. The highest BCUT2D eigenvalue weighted by Gasteiger charge is 2.25. The summed E-state index contributed by atoms with van der Waals surface area (Å²) in [6, 6.07) is 13.3. The van der Waals surface area contributed by atoms with Gasteiger partial charge in [-0.15, -0.1) is 0 Å². The molecule has 1 aliphatic heterocycles. The number of nitrogens with one attached hydrogen (secondary N) is 1. The van der Waals surface area contributed by atoms with Gasteiger partial charge in [-0.05, 0) is 67.3 Å². The first-order chi connectivity index (χ1) is 14.4. The highest BCUT2D eigenvalue weighted by Crippen LogP contribution is 2.22. The van der Waals surface area contributed by atoms with Crippen molar-refractivity contribution in [2.75, 3.05) is 25.0 Å². The number of anilines is 1. The van der Waals surface area contributed by atoms with E-state index in [1.807, 2.05) is 0 Å². The molecule has 162 valence electrons. The number of amides is 1. The highest BCUT2D eigenvalue weighted by molar-refractivity contribution is 7.89. The van der Waals surface area contributed by atoms with E-state index in [0.29, 0.717) is 36.9 Å². The van der Waals surface area contributed by atoms with E-state index in [0.717, 1.165) is 31.4 Å². The van der Waals surface area contributed by atoms with Crippen molar-refractivity contribution in [3.63, 3.8) is 0 Å². The molecule has 0 bridgehead atoms. The fourth-order valence-corrected chi connectivity index (χ4v) is 4.83. The largest absolute Gasteiger partial charge is 0.493 e. The predicted molar refractivity (Wildman–Crippen MR) is 118 cm³/mol. The van der Waals surface area contributed by atoms with Crippen molar-refractivity contribution in [2.24, 2.45) is 5.92 Å². The Labute approximate surface area is 179 Å². The maximum absolute atomic E-state index is 12.8. The summed E-state index contributed by atoms with van der Waals surface area (Å²) in [4.78, 5) is 12.7. The molecule has 0 spiro atoms. The first-order valence-corrected chi connectivity index (χ1v) is 11.9. The van der Waals surface area contributed by atoms with Gasteiger partial charge in [0, 0.05) is 24.3 Å². The number of hydrogen-bond donors (Lipinski definition) is 1. The summed E-state index contributed by atoms with van der Waals surface area (Å²) in [6.45, 7) is 5.91. The third-order valence-corrected chi connectivity index (χ3v) is 6.93. The fourth-order valence-electron chi connectivity index (χ4n) is 3.31. The third kappa shape index (κ3) is 5.83. The predicted octanol–water partition coefficient (Wildman–Crippen LogP) is 4.54. The van der Waals surface area contributed by atoms with Gasteiger partial charge in [0.25, 0.3) is 5.91 Å². The number of carbonyl (C=O) groups excluding carboxylic acids is 1. The molecule has 1 N–H and O–H groups in total. The van der Waals surface area contributed by atoms with Gasteiger partial charge in [0.1, 0.15) is 5.75 Å². The zero-order valence-corrected chi connectivity index (χ0v) is 18.5. The average molecular weight is 431 g/mol. The molecule has 0 aliphatic carbocycles. The van der Waals surface area contributed by atoms with Crippen LogP contribution in [-0.4, -0.2) is 38.3 Å². The minimum Gasteiger partial charge on any atom is -0.493 e. The summed E-state index contributed by atoms with van der Waals surface area (Å²) in [7, 11) is -3.49. The van der Waals surface area contributed by atoms with Crippen LogP contribution in [0.5, 0.6) is 5.75 Å². The Kier molecular flexibility index (Phi) is 7.50. The Bertz CT molecular complexity index is 930. The smallest absolute Gasteiger partial charge is 0.255 e. The molecule has 1 amide bonds. The second-order valence-corrected chi connectivity index (χ2v) is 9.96. The summed E-state index contributed by atoms with van der Waals surface area (Å²) in [5.74, 6) is 0.899. The lowest BCUT2D eigenvalue weighted by molar-refractivity contribution is 0.102. The Balaban J connectivity index is 1.63. The van der Waals surface area contributed by atoms with Crippen LogP contribution >= 0.6 is 0 Å². The minimum atomic E-state index is -3.49. The molecule has 1 fully saturated rings. The van der Waals surface area contributed by atoms with E-state index in [1.165, 1.54) is 0 Å². The number of ether oxygens (including phenoxy) is 1. The summed E-state index contributed by atoms with van der Waals surface area (Å²) >= 11 is 0. The molecule has 2 aromatic carbocycles. The molecular weight excluding hydrogens is 400 g/mol. The van der Waals surface area contributed by atoms with E-state index in [-0.39, 0.29) is 10.8 Å². The van der Waals surface area contributed by atoms with Gasteiger partial charge in [-0.1, -0.05) is 26.7 Å². The van der Waals surface area contributed by atoms with Crippen molar-refractivity contribution in [3.05, 3.63) is 54.1 Å². The standard InChI is InChI=1S/C23H30N2O4S/c1-18(2)17-29-21-11-7-19(8-12-21)23(26)24-20-9-13-22(14-10-20)30(27,28)25-15-5-3-4-6-16-25/h7-14,18H,3-6,15-17H2,1-2H3,(H,24,26). The molecule has 2 aromatic rings. The Hall–Kier alpha value is -2.38. The summed E-state index contributed by atoms with van der Waals surface area (Å²) in [5, 5.41) is 2.81. The minimum absolute atomic E-state index is 0.256. The van der Waals surface area contributed by atoms with E-state index in [1.54, 1.807) is 52.8 Å². The zero-order chi connectivity index (χ0) is 21.6. The number of sulfonamides is 1. The van der Waals surface area contributed by atoms with Gasteiger partial charge in [0.05, 0.1) is 11.5 Å². The van der Waals surface area contributed by atoms with E-state index < -0.39 is 10.0 Å². The number of hydrogen-bond acceptors (Lipinski definition) is 4. The van der Waals surface area contributed by atoms with Gasteiger partial charge in [-0.2, -0.15) is 4.31 Å². The van der Waals surface area contributed by atoms with Crippen LogP contribution in [-0.2, 0) is 10.0 Å². The molecule has 1 heterocycles. The van der Waals surface area contributed by atoms with Crippen molar-refractivity contribution in [3.8, 4) is 5.75 Å². The van der Waals surface area contributed by atoms with Crippen LogP contribution in [0.2, 0.25) is 0 Å².